The molecule has 0 radical (unpaired) electrons. The van der Waals surface area contributed by atoms with Gasteiger partial charge in [-0.15, -0.1) is 0 Å². The van der Waals surface area contributed by atoms with E-state index in [9.17, 15) is 9.59 Å². The molecule has 0 unspecified atom stereocenters. The van der Waals surface area contributed by atoms with Gasteiger partial charge < -0.3 is 14.0 Å². The van der Waals surface area contributed by atoms with Gasteiger partial charge in [0.05, 0.1) is 7.11 Å². The largest absolute Gasteiger partial charge is 0.497 e. The normalized spacial score (nSPS) is 10.9. The molecule has 2 rings (SSSR count). The van der Waals surface area contributed by atoms with Crippen molar-refractivity contribution in [2.24, 2.45) is 0 Å². The molecule has 1 heterocycles. The Balaban J connectivity index is 1.92. The molecule has 0 fully saturated rings. The molecule has 0 atom stereocenters. The van der Waals surface area contributed by atoms with Crippen LogP contribution < -0.4 is 4.74 Å². The van der Waals surface area contributed by atoms with Crippen molar-refractivity contribution in [3.63, 3.8) is 0 Å². The number of benzene rings is 1. The van der Waals surface area contributed by atoms with Crippen molar-refractivity contribution in [2.45, 2.75) is 27.3 Å². The zero-order valence-corrected chi connectivity index (χ0v) is 15.0. The van der Waals surface area contributed by atoms with Crippen molar-refractivity contribution in [1.29, 1.82) is 0 Å². The molecule has 0 aliphatic carbocycles. The maximum absolute atomic E-state index is 12.3. The predicted octanol–water partition coefficient (Wildman–Crippen LogP) is 3.57. The highest BCUT2D eigenvalue weighted by Gasteiger charge is 2.16. The summed E-state index contributed by atoms with van der Waals surface area (Å²) in [6.45, 7) is 6.42. The van der Waals surface area contributed by atoms with Crippen LogP contribution in [0.4, 0.5) is 0 Å². The summed E-state index contributed by atoms with van der Waals surface area (Å²) in [5, 5.41) is 0. The number of esters is 1. The summed E-state index contributed by atoms with van der Waals surface area (Å²) in [6.07, 6.45) is 2.94. The van der Waals surface area contributed by atoms with E-state index in [2.05, 4.69) is 4.57 Å². The molecular formula is C20H23NO4. The van der Waals surface area contributed by atoms with Crippen LogP contribution in [0.3, 0.4) is 0 Å². The first kappa shape index (κ1) is 18.5. The Hall–Kier alpha value is -2.82. The van der Waals surface area contributed by atoms with Crippen LogP contribution in [0.1, 0.15) is 34.2 Å². The van der Waals surface area contributed by atoms with Crippen molar-refractivity contribution >= 4 is 17.8 Å². The summed E-state index contributed by atoms with van der Waals surface area (Å²) in [5.41, 5.74) is 3.37. The second kappa shape index (κ2) is 8.33. The van der Waals surface area contributed by atoms with Crippen LogP contribution in [0.25, 0.3) is 6.08 Å². The molecule has 1 aromatic carbocycles. The Morgan fingerprint density at radius 1 is 1.16 bits per heavy atom. The minimum atomic E-state index is -0.548. The Bertz CT molecular complexity index is 785. The first-order chi connectivity index (χ1) is 12.0. The number of methoxy groups -OCH3 is 1. The van der Waals surface area contributed by atoms with Gasteiger partial charge in [-0.05, 0) is 50.6 Å². The Labute approximate surface area is 147 Å². The van der Waals surface area contributed by atoms with Crippen LogP contribution >= 0.6 is 0 Å². The maximum Gasteiger partial charge on any atom is 0.331 e. The number of aromatic nitrogens is 1. The van der Waals surface area contributed by atoms with E-state index in [1.807, 2.05) is 39.0 Å². The fourth-order valence-electron chi connectivity index (χ4n) is 2.71. The maximum atomic E-state index is 12.3. The highest BCUT2D eigenvalue weighted by atomic mass is 16.5. The zero-order chi connectivity index (χ0) is 18.4. The van der Waals surface area contributed by atoms with E-state index >= 15 is 0 Å². The molecule has 5 heteroatoms. The minimum Gasteiger partial charge on any atom is -0.497 e. The summed E-state index contributed by atoms with van der Waals surface area (Å²) < 4.78 is 12.2. The van der Waals surface area contributed by atoms with E-state index < -0.39 is 5.97 Å². The fourth-order valence-corrected chi connectivity index (χ4v) is 2.71. The molecular weight excluding hydrogens is 318 g/mol. The SMILES string of the molecule is CCn1c(C)cc(C(=O)COC(=O)/C=C/c2ccc(OC)cc2)c1C. The topological polar surface area (TPSA) is 57.5 Å². The molecule has 0 saturated heterocycles. The molecule has 0 amide bonds. The lowest BCUT2D eigenvalue weighted by atomic mass is 10.1. The van der Waals surface area contributed by atoms with Gasteiger partial charge >= 0.3 is 5.97 Å². The highest BCUT2D eigenvalue weighted by molar-refractivity contribution is 6.00. The lowest BCUT2D eigenvalue weighted by Gasteiger charge is -2.05. The summed E-state index contributed by atoms with van der Waals surface area (Å²) in [7, 11) is 1.59. The van der Waals surface area contributed by atoms with E-state index in [4.69, 9.17) is 9.47 Å². The van der Waals surface area contributed by atoms with E-state index in [1.54, 1.807) is 25.3 Å². The van der Waals surface area contributed by atoms with Gasteiger partial charge in [-0.25, -0.2) is 4.79 Å². The lowest BCUT2D eigenvalue weighted by Crippen LogP contribution is -2.13. The van der Waals surface area contributed by atoms with Gasteiger partial charge in [0.2, 0.25) is 5.78 Å². The van der Waals surface area contributed by atoms with E-state index in [-0.39, 0.29) is 12.4 Å². The van der Waals surface area contributed by atoms with Crippen molar-refractivity contribution in [3.8, 4) is 5.75 Å². The number of carbonyl (C=O) groups is 2. The molecule has 0 saturated carbocycles. The van der Waals surface area contributed by atoms with E-state index in [1.165, 1.54) is 6.08 Å². The Morgan fingerprint density at radius 2 is 1.84 bits per heavy atom. The molecule has 5 nitrogen and oxygen atoms in total. The predicted molar refractivity (Wildman–Crippen MR) is 96.9 cm³/mol. The second-order valence-corrected chi connectivity index (χ2v) is 5.67. The van der Waals surface area contributed by atoms with Gasteiger partial charge in [-0.2, -0.15) is 0 Å². The van der Waals surface area contributed by atoms with Gasteiger partial charge in [0.1, 0.15) is 5.75 Å². The van der Waals surface area contributed by atoms with Gasteiger partial charge in [-0.3, -0.25) is 4.79 Å². The second-order valence-electron chi connectivity index (χ2n) is 5.67. The van der Waals surface area contributed by atoms with E-state index in [0.29, 0.717) is 5.56 Å². The van der Waals surface area contributed by atoms with Gasteiger partial charge in [-0.1, -0.05) is 12.1 Å². The Kier molecular flexibility index (Phi) is 6.17. The summed E-state index contributed by atoms with van der Waals surface area (Å²) in [6, 6.07) is 9.10. The average molecular weight is 341 g/mol. The fraction of sp³-hybridized carbons (Fsp3) is 0.300. The molecule has 2 aromatic rings. The van der Waals surface area contributed by atoms with Crippen LogP contribution in [0.15, 0.2) is 36.4 Å². The van der Waals surface area contributed by atoms with Crippen LogP contribution in [0, 0.1) is 13.8 Å². The monoisotopic (exact) mass is 341 g/mol. The van der Waals surface area contributed by atoms with Gasteiger partial charge in [0.25, 0.3) is 0 Å². The number of hydrogen-bond donors (Lipinski definition) is 0. The molecule has 0 spiro atoms. The standard InChI is InChI=1S/C20H23NO4/c1-5-21-14(2)12-18(15(21)3)19(22)13-25-20(23)11-8-16-6-9-17(24-4)10-7-16/h6-12H,5,13H2,1-4H3/b11-8+. The first-order valence-corrected chi connectivity index (χ1v) is 8.15. The van der Waals surface area contributed by atoms with Crippen molar-refractivity contribution < 1.29 is 19.1 Å². The zero-order valence-electron chi connectivity index (χ0n) is 15.0. The third-order valence-electron chi connectivity index (χ3n) is 4.06. The van der Waals surface area contributed by atoms with Crippen LogP contribution in [-0.2, 0) is 16.1 Å². The van der Waals surface area contributed by atoms with Crippen molar-refractivity contribution in [3.05, 3.63) is 58.9 Å². The summed E-state index contributed by atoms with van der Waals surface area (Å²) >= 11 is 0. The highest BCUT2D eigenvalue weighted by Crippen LogP contribution is 2.16. The smallest absolute Gasteiger partial charge is 0.331 e. The Morgan fingerprint density at radius 3 is 2.40 bits per heavy atom. The van der Waals surface area contributed by atoms with Crippen molar-refractivity contribution in [2.75, 3.05) is 13.7 Å². The van der Waals surface area contributed by atoms with Crippen molar-refractivity contribution in [1.82, 2.24) is 4.57 Å². The molecule has 0 aliphatic rings. The summed E-state index contributed by atoms with van der Waals surface area (Å²) in [4.78, 5) is 24.1. The molecule has 0 aliphatic heterocycles. The number of ketones is 1. The minimum absolute atomic E-state index is 0.195. The molecule has 0 N–H and O–H groups in total. The third kappa shape index (κ3) is 4.59. The molecule has 0 bridgehead atoms. The van der Waals surface area contributed by atoms with E-state index in [0.717, 1.165) is 29.2 Å². The quantitative estimate of drug-likeness (QED) is 0.439. The van der Waals surface area contributed by atoms with Gasteiger partial charge in [0.15, 0.2) is 6.61 Å². The number of nitrogens with zero attached hydrogens (tertiary/aromatic N) is 1. The lowest BCUT2D eigenvalue weighted by molar-refractivity contribution is -0.136. The van der Waals surface area contributed by atoms with Crippen LogP contribution in [0.2, 0.25) is 0 Å². The average Bonchev–Trinajstić information content (AvgIpc) is 2.92. The number of carbonyl (C=O) groups excluding carboxylic acids is 2. The summed E-state index contributed by atoms with van der Waals surface area (Å²) in [5.74, 6) is 0.00228. The first-order valence-electron chi connectivity index (χ1n) is 8.15. The number of Topliss-reactive ketones (excluding diaryl/α,β-unsaturated/α-hetero) is 1. The number of aryl methyl sites for hydroxylation is 1. The molecule has 25 heavy (non-hydrogen) atoms. The van der Waals surface area contributed by atoms with Crippen LogP contribution in [-0.4, -0.2) is 30.0 Å². The van der Waals surface area contributed by atoms with Gasteiger partial charge in [0, 0.05) is 29.6 Å². The third-order valence-corrected chi connectivity index (χ3v) is 4.06. The number of rotatable bonds is 7. The van der Waals surface area contributed by atoms with Crippen LogP contribution in [0.5, 0.6) is 5.75 Å². The number of ether oxygens (including phenoxy) is 2. The molecule has 132 valence electrons. The number of hydrogen-bond acceptors (Lipinski definition) is 4. The molecule has 1 aromatic heterocycles.